The minimum absolute atomic E-state index is 0. The first-order valence-corrected chi connectivity index (χ1v) is 7.90. The lowest BCUT2D eigenvalue weighted by molar-refractivity contribution is 0.614. The van der Waals surface area contributed by atoms with Crippen LogP contribution in [0.2, 0.25) is 5.02 Å². The number of hydrazone groups is 1. The topological polar surface area (TPSA) is 87.2 Å². The first-order valence-electron chi connectivity index (χ1n) is 7.52. The van der Waals surface area contributed by atoms with E-state index in [1.807, 2.05) is 13.0 Å². The summed E-state index contributed by atoms with van der Waals surface area (Å²) in [6, 6.07) is 6.29. The zero-order valence-corrected chi connectivity index (χ0v) is 15.1. The molecule has 1 heterocycles. The van der Waals surface area contributed by atoms with Crippen molar-refractivity contribution in [3.05, 3.63) is 63.7 Å². The number of hydrogen-bond donors (Lipinski definition) is 3. The van der Waals surface area contributed by atoms with Gasteiger partial charge in [-0.3, -0.25) is 10.4 Å². The normalized spacial score (nSPS) is 17.6. The van der Waals surface area contributed by atoms with Gasteiger partial charge >= 0.3 is 0 Å². The Kier molecular flexibility index (Phi) is 5.98. The SMILES string of the molecule is Cc1ccnc2c1/C(=N\NC(=N)N)CC(c1cc(F)ccc1Cl)C2.Cl. The minimum Gasteiger partial charge on any atom is -0.369 e. The van der Waals surface area contributed by atoms with Crippen LogP contribution in [0.3, 0.4) is 0 Å². The fourth-order valence-electron chi connectivity index (χ4n) is 3.08. The molecule has 3 rings (SSSR count). The predicted molar refractivity (Wildman–Crippen MR) is 100 cm³/mol. The van der Waals surface area contributed by atoms with E-state index in [1.54, 1.807) is 12.3 Å². The molecule has 8 heteroatoms. The van der Waals surface area contributed by atoms with Crippen LogP contribution in [0.4, 0.5) is 4.39 Å². The fraction of sp³-hybridized carbons (Fsp3) is 0.235. The highest BCUT2D eigenvalue weighted by molar-refractivity contribution is 6.31. The number of nitrogens with one attached hydrogen (secondary N) is 2. The Morgan fingerprint density at radius 1 is 1.40 bits per heavy atom. The maximum atomic E-state index is 13.7. The zero-order valence-electron chi connectivity index (χ0n) is 13.5. The molecular formula is C17H18Cl2FN5. The van der Waals surface area contributed by atoms with Gasteiger partial charge in [0.1, 0.15) is 5.82 Å². The Bertz CT molecular complexity index is 838. The van der Waals surface area contributed by atoms with E-state index in [0.29, 0.717) is 17.9 Å². The zero-order chi connectivity index (χ0) is 17.3. The molecule has 0 radical (unpaired) electrons. The molecule has 1 unspecified atom stereocenters. The molecule has 0 amide bonds. The van der Waals surface area contributed by atoms with Gasteiger partial charge in [-0.05, 0) is 61.1 Å². The van der Waals surface area contributed by atoms with E-state index in [9.17, 15) is 4.39 Å². The van der Waals surface area contributed by atoms with Gasteiger partial charge in [-0.2, -0.15) is 5.10 Å². The van der Waals surface area contributed by atoms with Gasteiger partial charge in [0.05, 0.1) is 11.4 Å². The molecule has 0 bridgehead atoms. The number of guanidine groups is 1. The summed E-state index contributed by atoms with van der Waals surface area (Å²) in [5.41, 5.74) is 12.2. The van der Waals surface area contributed by atoms with Gasteiger partial charge in [0.25, 0.3) is 0 Å². The number of halogens is 3. The van der Waals surface area contributed by atoms with Gasteiger partial charge < -0.3 is 5.73 Å². The summed E-state index contributed by atoms with van der Waals surface area (Å²) in [6.07, 6.45) is 2.96. The van der Waals surface area contributed by atoms with E-state index in [0.717, 1.165) is 28.1 Å². The monoisotopic (exact) mass is 381 g/mol. The van der Waals surface area contributed by atoms with Crippen molar-refractivity contribution in [3.8, 4) is 0 Å². The van der Waals surface area contributed by atoms with Crippen molar-refractivity contribution in [1.82, 2.24) is 10.4 Å². The summed E-state index contributed by atoms with van der Waals surface area (Å²) < 4.78 is 13.7. The summed E-state index contributed by atoms with van der Waals surface area (Å²) in [5.74, 6) is -0.600. The molecule has 2 aromatic rings. The Morgan fingerprint density at radius 2 is 2.16 bits per heavy atom. The summed E-state index contributed by atoms with van der Waals surface area (Å²) >= 11 is 6.27. The van der Waals surface area contributed by atoms with Crippen LogP contribution in [0.15, 0.2) is 35.6 Å². The van der Waals surface area contributed by atoms with Gasteiger partial charge in [-0.15, -0.1) is 12.4 Å². The third kappa shape index (κ3) is 4.08. The van der Waals surface area contributed by atoms with E-state index in [2.05, 4.69) is 15.5 Å². The fourth-order valence-corrected chi connectivity index (χ4v) is 3.35. The molecule has 1 aromatic carbocycles. The first-order chi connectivity index (χ1) is 11.5. The van der Waals surface area contributed by atoms with Crippen LogP contribution in [-0.2, 0) is 6.42 Å². The molecule has 132 valence electrons. The van der Waals surface area contributed by atoms with Crippen LogP contribution in [-0.4, -0.2) is 16.7 Å². The lowest BCUT2D eigenvalue weighted by Gasteiger charge is -2.27. The predicted octanol–water partition coefficient (Wildman–Crippen LogP) is 3.52. The number of aromatic nitrogens is 1. The number of aryl methyl sites for hydroxylation is 1. The lowest BCUT2D eigenvalue weighted by Crippen LogP contribution is -2.29. The van der Waals surface area contributed by atoms with Crippen LogP contribution in [0.1, 0.15) is 34.7 Å². The van der Waals surface area contributed by atoms with Crippen molar-refractivity contribution in [2.24, 2.45) is 10.8 Å². The van der Waals surface area contributed by atoms with Crippen molar-refractivity contribution in [2.75, 3.05) is 0 Å². The lowest BCUT2D eigenvalue weighted by atomic mass is 9.80. The van der Waals surface area contributed by atoms with Crippen LogP contribution < -0.4 is 11.2 Å². The van der Waals surface area contributed by atoms with Crippen LogP contribution in [0.25, 0.3) is 0 Å². The molecule has 5 nitrogen and oxygen atoms in total. The Hall–Kier alpha value is -2.18. The van der Waals surface area contributed by atoms with E-state index < -0.39 is 0 Å². The van der Waals surface area contributed by atoms with Gasteiger partial charge in [-0.25, -0.2) is 9.82 Å². The van der Waals surface area contributed by atoms with Crippen molar-refractivity contribution in [1.29, 1.82) is 5.41 Å². The quantitative estimate of drug-likeness (QED) is 0.422. The highest BCUT2D eigenvalue weighted by Crippen LogP contribution is 2.36. The van der Waals surface area contributed by atoms with Gasteiger partial charge in [0.15, 0.2) is 0 Å². The molecule has 1 aliphatic rings. The smallest absolute Gasteiger partial charge is 0.206 e. The Morgan fingerprint density at radius 3 is 2.88 bits per heavy atom. The number of benzene rings is 1. The molecule has 0 fully saturated rings. The molecule has 1 aromatic heterocycles. The average molecular weight is 382 g/mol. The summed E-state index contributed by atoms with van der Waals surface area (Å²) in [5, 5.41) is 12.1. The molecule has 25 heavy (non-hydrogen) atoms. The number of rotatable bonds is 2. The molecule has 1 atom stereocenters. The van der Waals surface area contributed by atoms with Crippen molar-refractivity contribution >= 4 is 35.7 Å². The van der Waals surface area contributed by atoms with Gasteiger partial charge in [-0.1, -0.05) is 11.6 Å². The molecule has 0 spiro atoms. The van der Waals surface area contributed by atoms with Gasteiger partial charge in [0, 0.05) is 16.8 Å². The summed E-state index contributed by atoms with van der Waals surface area (Å²) in [7, 11) is 0. The maximum absolute atomic E-state index is 13.7. The second-order valence-electron chi connectivity index (χ2n) is 5.80. The molecule has 1 aliphatic carbocycles. The second kappa shape index (κ2) is 7.80. The summed E-state index contributed by atoms with van der Waals surface area (Å²) in [4.78, 5) is 4.45. The van der Waals surface area contributed by atoms with Crippen molar-refractivity contribution in [2.45, 2.75) is 25.7 Å². The number of nitrogens with zero attached hydrogens (tertiary/aromatic N) is 2. The molecule has 4 N–H and O–H groups in total. The molecule has 0 saturated carbocycles. The number of nitrogens with two attached hydrogens (primary N) is 1. The van der Waals surface area contributed by atoms with Crippen molar-refractivity contribution < 1.29 is 4.39 Å². The Balaban J connectivity index is 0.00000225. The van der Waals surface area contributed by atoms with Crippen molar-refractivity contribution in [3.63, 3.8) is 0 Å². The van der Waals surface area contributed by atoms with Crippen LogP contribution in [0, 0.1) is 18.2 Å². The average Bonchev–Trinajstić information content (AvgIpc) is 2.54. The Labute approximate surface area is 156 Å². The van der Waals surface area contributed by atoms with E-state index in [4.69, 9.17) is 22.7 Å². The number of fused-ring (bicyclic) bond motifs is 1. The van der Waals surface area contributed by atoms with Crippen LogP contribution >= 0.6 is 24.0 Å². The third-order valence-electron chi connectivity index (χ3n) is 4.12. The maximum Gasteiger partial charge on any atom is 0.206 e. The molecule has 0 aliphatic heterocycles. The number of hydrogen-bond acceptors (Lipinski definition) is 3. The van der Waals surface area contributed by atoms with E-state index >= 15 is 0 Å². The largest absolute Gasteiger partial charge is 0.369 e. The standard InChI is InChI=1S/C17H17ClFN5.ClH/c1-9-4-5-22-14-6-10(12-8-11(19)2-3-13(12)18)7-15(16(9)14)23-24-17(20)21;/h2-5,8,10H,6-7H2,1H3,(H4,20,21,24);1H/b23-15-;. The number of pyridine rings is 1. The van der Waals surface area contributed by atoms with Gasteiger partial charge in [0.2, 0.25) is 5.96 Å². The summed E-state index contributed by atoms with van der Waals surface area (Å²) in [6.45, 7) is 1.99. The second-order valence-corrected chi connectivity index (χ2v) is 6.21. The highest BCUT2D eigenvalue weighted by Gasteiger charge is 2.28. The third-order valence-corrected chi connectivity index (χ3v) is 4.46. The van der Waals surface area contributed by atoms with Crippen LogP contribution in [0.5, 0.6) is 0 Å². The first kappa shape index (κ1) is 19.1. The van der Waals surface area contributed by atoms with E-state index in [-0.39, 0.29) is 30.1 Å². The minimum atomic E-state index is -0.322. The van der Waals surface area contributed by atoms with E-state index in [1.165, 1.54) is 12.1 Å². The molecule has 0 saturated heterocycles. The highest BCUT2D eigenvalue weighted by atomic mass is 35.5. The molecular weight excluding hydrogens is 364 g/mol.